The Morgan fingerprint density at radius 2 is 1.62 bits per heavy atom. The van der Waals surface area contributed by atoms with Crippen molar-refractivity contribution >= 4 is 17.6 Å². The van der Waals surface area contributed by atoms with Crippen LogP contribution in [-0.2, 0) is 22.1 Å². The molecule has 0 aliphatic carbocycles. The van der Waals surface area contributed by atoms with E-state index in [1.165, 1.54) is 6.07 Å². The van der Waals surface area contributed by atoms with Crippen LogP contribution in [-0.4, -0.2) is 42.8 Å². The van der Waals surface area contributed by atoms with Crippen molar-refractivity contribution in [2.45, 2.75) is 38.9 Å². The molecule has 0 spiro atoms. The van der Waals surface area contributed by atoms with E-state index >= 15 is 0 Å². The highest BCUT2D eigenvalue weighted by Gasteiger charge is 2.30. The van der Waals surface area contributed by atoms with Gasteiger partial charge in [0, 0.05) is 24.4 Å². The topological polar surface area (TPSA) is 87.7 Å². The van der Waals surface area contributed by atoms with E-state index in [0.29, 0.717) is 42.2 Å². The number of benzene rings is 3. The zero-order chi connectivity index (χ0) is 28.4. The van der Waals surface area contributed by atoms with Gasteiger partial charge in [-0.1, -0.05) is 50.2 Å². The first-order valence-corrected chi connectivity index (χ1v) is 12.7. The predicted molar refractivity (Wildman–Crippen MR) is 145 cm³/mol. The summed E-state index contributed by atoms with van der Waals surface area (Å²) in [7, 11) is 0. The number of hydrogen-bond acceptors (Lipinski definition) is 4. The third-order valence-electron chi connectivity index (χ3n) is 5.87. The van der Waals surface area contributed by atoms with Crippen molar-refractivity contribution in [1.29, 1.82) is 0 Å². The quantitative estimate of drug-likeness (QED) is 0.237. The maximum absolute atomic E-state index is 13.1. The van der Waals surface area contributed by atoms with Crippen molar-refractivity contribution in [3.05, 3.63) is 89.5 Å². The third kappa shape index (κ3) is 9.76. The van der Waals surface area contributed by atoms with Crippen LogP contribution in [0, 0.1) is 5.92 Å². The minimum atomic E-state index is -4.40. The summed E-state index contributed by atoms with van der Waals surface area (Å²) in [5.74, 6) is -0.956. The Labute approximate surface area is 226 Å². The van der Waals surface area contributed by atoms with Gasteiger partial charge in [-0.3, -0.25) is 9.59 Å². The monoisotopic (exact) mass is 542 g/mol. The van der Waals surface area contributed by atoms with Gasteiger partial charge in [-0.05, 0) is 65.4 Å². The number of anilines is 1. The van der Waals surface area contributed by atoms with Crippen LogP contribution >= 0.6 is 0 Å². The van der Waals surface area contributed by atoms with Crippen molar-refractivity contribution < 1.29 is 32.6 Å². The molecule has 0 radical (unpaired) electrons. The number of carboxylic acid groups (broad SMARTS) is 1. The number of alkyl halides is 3. The van der Waals surface area contributed by atoms with Crippen LogP contribution in [0.4, 0.5) is 18.9 Å². The van der Waals surface area contributed by atoms with Gasteiger partial charge in [-0.2, -0.15) is 13.2 Å². The lowest BCUT2D eigenvalue weighted by atomic mass is 9.99. The lowest BCUT2D eigenvalue weighted by Crippen LogP contribution is -2.29. The first-order valence-electron chi connectivity index (χ1n) is 12.7. The standard InChI is InChI=1S/C30H33F3N2O4/c1-20(2)18-39-19-27(35-26-12-10-23(11-13-26)29(38)34-15-14-28(36)37)16-21-6-8-22(9-7-21)24-4-3-5-25(17-24)30(31,32)33/h3-13,17,20,27,35H,14-16,18-19H2,1-2H3,(H,34,38)(H,36,37). The first-order chi connectivity index (χ1) is 18.5. The van der Waals surface area contributed by atoms with Crippen molar-refractivity contribution in [2.24, 2.45) is 5.92 Å². The highest BCUT2D eigenvalue weighted by atomic mass is 19.4. The second kappa shape index (κ2) is 13.8. The Bertz CT molecular complexity index is 1230. The summed E-state index contributed by atoms with van der Waals surface area (Å²) in [6, 6.07) is 19.5. The number of carbonyl (C=O) groups excluding carboxylic acids is 1. The van der Waals surface area contributed by atoms with Crippen LogP contribution in [0.3, 0.4) is 0 Å². The summed E-state index contributed by atoms with van der Waals surface area (Å²) in [5.41, 5.74) is 2.71. The van der Waals surface area contributed by atoms with E-state index in [0.717, 1.165) is 23.4 Å². The average molecular weight is 543 g/mol. The molecule has 3 rings (SSSR count). The molecule has 0 saturated heterocycles. The van der Waals surface area contributed by atoms with Gasteiger partial charge in [0.15, 0.2) is 0 Å². The molecule has 0 aromatic heterocycles. The predicted octanol–water partition coefficient (Wildman–Crippen LogP) is 6.27. The minimum absolute atomic E-state index is 0.0516. The first kappa shape index (κ1) is 29.7. The van der Waals surface area contributed by atoms with Gasteiger partial charge < -0.3 is 20.5 Å². The molecule has 1 amide bonds. The molecule has 0 aliphatic rings. The molecule has 0 aliphatic heterocycles. The molecule has 9 heteroatoms. The van der Waals surface area contributed by atoms with Crippen LogP contribution in [0.15, 0.2) is 72.8 Å². The molecular weight excluding hydrogens is 509 g/mol. The Balaban J connectivity index is 1.67. The Morgan fingerprint density at radius 1 is 0.923 bits per heavy atom. The number of carbonyl (C=O) groups is 2. The zero-order valence-corrected chi connectivity index (χ0v) is 21.9. The summed E-state index contributed by atoms with van der Waals surface area (Å²) in [5, 5.41) is 14.7. The lowest BCUT2D eigenvalue weighted by molar-refractivity contribution is -0.138. The van der Waals surface area contributed by atoms with Crippen LogP contribution in [0.2, 0.25) is 0 Å². The van der Waals surface area contributed by atoms with E-state index in [1.54, 1.807) is 30.3 Å². The van der Waals surface area contributed by atoms with Crippen molar-refractivity contribution in [1.82, 2.24) is 5.32 Å². The largest absolute Gasteiger partial charge is 0.481 e. The van der Waals surface area contributed by atoms with Gasteiger partial charge in [-0.25, -0.2) is 0 Å². The molecule has 39 heavy (non-hydrogen) atoms. The van der Waals surface area contributed by atoms with Crippen molar-refractivity contribution in [2.75, 3.05) is 25.1 Å². The number of aliphatic carboxylic acids is 1. The van der Waals surface area contributed by atoms with Gasteiger partial charge in [-0.15, -0.1) is 0 Å². The summed E-state index contributed by atoms with van der Waals surface area (Å²) >= 11 is 0. The maximum atomic E-state index is 13.1. The van der Waals surface area contributed by atoms with Crippen molar-refractivity contribution in [3.8, 4) is 11.1 Å². The average Bonchev–Trinajstić information content (AvgIpc) is 2.88. The number of hydrogen-bond donors (Lipinski definition) is 3. The van der Waals surface area contributed by atoms with E-state index < -0.39 is 17.7 Å². The highest BCUT2D eigenvalue weighted by molar-refractivity contribution is 5.94. The number of amides is 1. The summed E-state index contributed by atoms with van der Waals surface area (Å²) in [6.45, 7) is 5.22. The molecular formula is C30H33F3N2O4. The highest BCUT2D eigenvalue weighted by Crippen LogP contribution is 2.32. The maximum Gasteiger partial charge on any atom is 0.416 e. The summed E-state index contributed by atoms with van der Waals surface area (Å²) in [6.07, 6.45) is -3.93. The molecule has 0 saturated carbocycles. The third-order valence-corrected chi connectivity index (χ3v) is 5.87. The number of nitrogens with one attached hydrogen (secondary N) is 2. The molecule has 1 atom stereocenters. The Morgan fingerprint density at radius 3 is 2.23 bits per heavy atom. The molecule has 0 heterocycles. The van der Waals surface area contributed by atoms with Gasteiger partial charge in [0.2, 0.25) is 0 Å². The molecule has 6 nitrogen and oxygen atoms in total. The summed E-state index contributed by atoms with van der Waals surface area (Å²) < 4.78 is 45.2. The van der Waals surface area contributed by atoms with Gasteiger partial charge in [0.1, 0.15) is 0 Å². The molecule has 0 bridgehead atoms. The van der Waals surface area contributed by atoms with E-state index in [4.69, 9.17) is 9.84 Å². The zero-order valence-electron chi connectivity index (χ0n) is 21.9. The smallest absolute Gasteiger partial charge is 0.416 e. The molecule has 0 fully saturated rings. The minimum Gasteiger partial charge on any atom is -0.481 e. The molecule has 3 aromatic rings. The Hall–Kier alpha value is -3.85. The number of carboxylic acids is 1. The molecule has 3 aromatic carbocycles. The molecule has 1 unspecified atom stereocenters. The number of ether oxygens (including phenoxy) is 1. The fourth-order valence-corrected chi connectivity index (χ4v) is 3.93. The molecule has 3 N–H and O–H groups in total. The van der Waals surface area contributed by atoms with Crippen molar-refractivity contribution in [3.63, 3.8) is 0 Å². The van der Waals surface area contributed by atoms with Crippen LogP contribution in [0.5, 0.6) is 0 Å². The SMILES string of the molecule is CC(C)COCC(Cc1ccc(-c2cccc(C(F)(F)F)c2)cc1)Nc1ccc(C(=O)NCCC(=O)O)cc1. The fourth-order valence-electron chi connectivity index (χ4n) is 3.93. The van der Waals surface area contributed by atoms with Gasteiger partial charge in [0.25, 0.3) is 5.91 Å². The van der Waals surface area contributed by atoms with E-state index in [9.17, 15) is 22.8 Å². The van der Waals surface area contributed by atoms with E-state index in [-0.39, 0.29) is 24.9 Å². The van der Waals surface area contributed by atoms with Gasteiger partial charge in [0.05, 0.1) is 24.6 Å². The number of halogens is 3. The Kier molecular flexibility index (Phi) is 10.5. The second-order valence-electron chi connectivity index (χ2n) is 9.73. The normalized spacial score (nSPS) is 12.3. The van der Waals surface area contributed by atoms with Crippen LogP contribution < -0.4 is 10.6 Å². The van der Waals surface area contributed by atoms with Gasteiger partial charge >= 0.3 is 12.1 Å². The van der Waals surface area contributed by atoms with Crippen LogP contribution in [0.1, 0.15) is 41.8 Å². The number of rotatable bonds is 13. The fraction of sp³-hybridized carbons (Fsp3) is 0.333. The molecule has 208 valence electrons. The summed E-state index contributed by atoms with van der Waals surface area (Å²) in [4.78, 5) is 22.8. The van der Waals surface area contributed by atoms with Crippen LogP contribution in [0.25, 0.3) is 11.1 Å². The lowest BCUT2D eigenvalue weighted by Gasteiger charge is -2.21. The second-order valence-corrected chi connectivity index (χ2v) is 9.73. The van der Waals surface area contributed by atoms with E-state index in [1.807, 2.05) is 24.3 Å². The van der Waals surface area contributed by atoms with E-state index in [2.05, 4.69) is 24.5 Å².